The van der Waals surface area contributed by atoms with Crippen molar-refractivity contribution in [1.82, 2.24) is 10.6 Å². The van der Waals surface area contributed by atoms with Crippen molar-refractivity contribution in [3.8, 4) is 0 Å². The number of aliphatic carboxylic acids is 1. The zero-order valence-electron chi connectivity index (χ0n) is 17.2. The van der Waals surface area contributed by atoms with E-state index in [1.807, 2.05) is 6.07 Å². The molecule has 0 bridgehead atoms. The van der Waals surface area contributed by atoms with Crippen molar-refractivity contribution in [3.63, 3.8) is 0 Å². The second-order valence-electron chi connectivity index (χ2n) is 6.50. The average molecular weight is 426 g/mol. The van der Waals surface area contributed by atoms with Crippen LogP contribution in [0.1, 0.15) is 31.2 Å². The lowest BCUT2D eigenvalue weighted by Crippen LogP contribution is -2.52. The molecule has 0 spiro atoms. The van der Waals surface area contributed by atoms with Crippen LogP contribution in [0.2, 0.25) is 0 Å². The van der Waals surface area contributed by atoms with E-state index in [4.69, 9.17) is 14.2 Å². The third-order valence-electron chi connectivity index (χ3n) is 4.31. The molecule has 0 heterocycles. The monoisotopic (exact) mass is 426 g/mol. The minimum absolute atomic E-state index is 0.0120. The summed E-state index contributed by atoms with van der Waals surface area (Å²) < 4.78 is 15.2. The Labute approximate surface area is 175 Å². The maximum absolute atomic E-state index is 12.5. The number of hydrogen-bond acceptors (Lipinski definition) is 7. The number of methoxy groups -OCH3 is 2. The van der Waals surface area contributed by atoms with Crippen LogP contribution in [0.5, 0.6) is 0 Å². The molecule has 0 aromatic heterocycles. The highest BCUT2D eigenvalue weighted by molar-refractivity contribution is 5.89. The smallest absolute Gasteiger partial charge is 0.408 e. The Morgan fingerprint density at radius 1 is 0.967 bits per heavy atom. The number of aliphatic hydroxyl groups is 1. The number of rotatable bonds is 14. The fraction of sp³-hybridized carbons (Fsp3) is 0.550. The first-order valence-corrected chi connectivity index (χ1v) is 9.58. The molecular formula is C20H30N2O8. The molecule has 168 valence electrons. The largest absolute Gasteiger partial charge is 0.480 e. The van der Waals surface area contributed by atoms with Crippen LogP contribution in [0.15, 0.2) is 30.3 Å². The van der Waals surface area contributed by atoms with Crippen molar-refractivity contribution >= 4 is 18.0 Å². The minimum Gasteiger partial charge on any atom is -0.480 e. The standard InChI is InChI=1S/C20H30N2O8/c1-28-17(29-2)10-6-9-16(19(25)26)21-18(24)15(11-12-23)22-20(27)30-13-14-7-4-3-5-8-14/h3-5,7-8,15-17,23H,6,9-13H2,1-2H3,(H,21,24)(H,22,27)(H,25,26)/t15-,16+/m0/s1. The summed E-state index contributed by atoms with van der Waals surface area (Å²) >= 11 is 0. The summed E-state index contributed by atoms with van der Waals surface area (Å²) in [7, 11) is 2.96. The molecule has 2 atom stereocenters. The summed E-state index contributed by atoms with van der Waals surface area (Å²) in [6.07, 6.45) is -0.360. The van der Waals surface area contributed by atoms with Gasteiger partial charge >= 0.3 is 12.1 Å². The van der Waals surface area contributed by atoms with Crippen LogP contribution in [0.3, 0.4) is 0 Å². The first-order valence-electron chi connectivity index (χ1n) is 9.58. The van der Waals surface area contributed by atoms with Crippen LogP contribution < -0.4 is 10.6 Å². The zero-order valence-corrected chi connectivity index (χ0v) is 17.2. The number of carbonyl (C=O) groups is 3. The Morgan fingerprint density at radius 3 is 2.20 bits per heavy atom. The van der Waals surface area contributed by atoms with E-state index in [0.717, 1.165) is 5.56 Å². The molecular weight excluding hydrogens is 396 g/mol. The normalized spacial score (nSPS) is 12.8. The number of aliphatic hydroxyl groups excluding tert-OH is 1. The highest BCUT2D eigenvalue weighted by Gasteiger charge is 2.26. The number of carboxylic acids is 1. The van der Waals surface area contributed by atoms with E-state index < -0.39 is 36.3 Å². The van der Waals surface area contributed by atoms with Crippen LogP contribution in [0.4, 0.5) is 4.79 Å². The second-order valence-corrected chi connectivity index (χ2v) is 6.50. The predicted octanol–water partition coefficient (Wildman–Crippen LogP) is 1.02. The van der Waals surface area contributed by atoms with E-state index in [2.05, 4.69) is 10.6 Å². The van der Waals surface area contributed by atoms with Gasteiger partial charge in [-0.05, 0) is 31.2 Å². The van der Waals surface area contributed by atoms with E-state index in [9.17, 15) is 24.6 Å². The highest BCUT2D eigenvalue weighted by atomic mass is 16.7. The van der Waals surface area contributed by atoms with E-state index in [-0.39, 0.29) is 26.1 Å². The van der Waals surface area contributed by atoms with Crippen LogP contribution in [-0.4, -0.2) is 67.4 Å². The van der Waals surface area contributed by atoms with E-state index in [1.54, 1.807) is 24.3 Å². The van der Waals surface area contributed by atoms with Crippen LogP contribution in [-0.2, 0) is 30.4 Å². The Morgan fingerprint density at radius 2 is 1.63 bits per heavy atom. The SMILES string of the molecule is COC(CCC[C@@H](NC(=O)[C@H](CCO)NC(=O)OCc1ccccc1)C(=O)O)OC. The average Bonchev–Trinajstić information content (AvgIpc) is 2.74. The number of hydrogen-bond donors (Lipinski definition) is 4. The summed E-state index contributed by atoms with van der Waals surface area (Å²) in [6.45, 7) is -0.365. The molecule has 0 aliphatic carbocycles. The molecule has 1 aromatic rings. The summed E-state index contributed by atoms with van der Waals surface area (Å²) in [5.41, 5.74) is 0.771. The third-order valence-corrected chi connectivity index (χ3v) is 4.31. The molecule has 0 aliphatic rings. The van der Waals surface area contributed by atoms with Gasteiger partial charge in [-0.25, -0.2) is 9.59 Å². The van der Waals surface area contributed by atoms with Gasteiger partial charge in [0.15, 0.2) is 6.29 Å². The number of benzene rings is 1. The molecule has 0 fully saturated rings. The Bertz CT molecular complexity index is 651. The molecule has 0 saturated heterocycles. The number of carbonyl (C=O) groups excluding carboxylic acids is 2. The summed E-state index contributed by atoms with van der Waals surface area (Å²) in [4.78, 5) is 35.9. The molecule has 30 heavy (non-hydrogen) atoms. The van der Waals surface area contributed by atoms with E-state index in [1.165, 1.54) is 14.2 Å². The number of amides is 2. The van der Waals surface area contributed by atoms with Gasteiger partial charge in [-0.1, -0.05) is 30.3 Å². The van der Waals surface area contributed by atoms with Gasteiger partial charge in [-0.15, -0.1) is 0 Å². The van der Waals surface area contributed by atoms with Crippen LogP contribution in [0, 0.1) is 0 Å². The van der Waals surface area contributed by atoms with Crippen molar-refractivity contribution in [2.75, 3.05) is 20.8 Å². The van der Waals surface area contributed by atoms with Gasteiger partial charge < -0.3 is 35.1 Å². The topological polar surface area (TPSA) is 143 Å². The van der Waals surface area contributed by atoms with Crippen molar-refractivity contribution in [2.45, 2.75) is 50.7 Å². The maximum Gasteiger partial charge on any atom is 0.408 e. The van der Waals surface area contributed by atoms with Crippen molar-refractivity contribution in [3.05, 3.63) is 35.9 Å². The van der Waals surface area contributed by atoms with Gasteiger partial charge in [0.05, 0.1) is 0 Å². The fourth-order valence-corrected chi connectivity index (χ4v) is 2.66. The number of alkyl carbamates (subject to hydrolysis) is 1. The van der Waals surface area contributed by atoms with E-state index >= 15 is 0 Å². The van der Waals surface area contributed by atoms with E-state index in [0.29, 0.717) is 12.8 Å². The van der Waals surface area contributed by atoms with Gasteiger partial charge in [-0.2, -0.15) is 0 Å². The maximum atomic E-state index is 12.5. The molecule has 1 aromatic carbocycles. The minimum atomic E-state index is -1.20. The Kier molecular flexibility index (Phi) is 12.1. The number of ether oxygens (including phenoxy) is 3. The lowest BCUT2D eigenvalue weighted by Gasteiger charge is -2.21. The van der Waals surface area contributed by atoms with Gasteiger partial charge in [-0.3, -0.25) is 4.79 Å². The van der Waals surface area contributed by atoms with Crippen LogP contribution >= 0.6 is 0 Å². The first-order chi connectivity index (χ1) is 14.4. The quantitative estimate of drug-likeness (QED) is 0.323. The summed E-state index contributed by atoms with van der Waals surface area (Å²) in [6, 6.07) is 6.69. The van der Waals surface area contributed by atoms with Gasteiger partial charge in [0, 0.05) is 20.8 Å². The molecule has 1 rings (SSSR count). The van der Waals surface area contributed by atoms with Crippen LogP contribution in [0.25, 0.3) is 0 Å². The number of nitrogens with one attached hydrogen (secondary N) is 2. The molecule has 0 radical (unpaired) electrons. The predicted molar refractivity (Wildman–Crippen MR) is 106 cm³/mol. The van der Waals surface area contributed by atoms with Gasteiger partial charge in [0.1, 0.15) is 18.7 Å². The lowest BCUT2D eigenvalue weighted by atomic mass is 10.1. The third kappa shape index (κ3) is 9.68. The molecule has 0 aliphatic heterocycles. The molecule has 10 heteroatoms. The molecule has 0 saturated carbocycles. The molecule has 4 N–H and O–H groups in total. The van der Waals surface area contributed by atoms with Gasteiger partial charge in [0.25, 0.3) is 0 Å². The molecule has 10 nitrogen and oxygen atoms in total. The Hall–Kier alpha value is -2.69. The summed E-state index contributed by atoms with van der Waals surface area (Å²) in [5, 5.41) is 23.3. The van der Waals surface area contributed by atoms with Crippen molar-refractivity contribution < 1.29 is 38.8 Å². The fourth-order valence-electron chi connectivity index (χ4n) is 2.66. The van der Waals surface area contributed by atoms with Gasteiger partial charge in [0.2, 0.25) is 5.91 Å². The number of carboxylic acid groups (broad SMARTS) is 1. The Balaban J connectivity index is 2.57. The lowest BCUT2D eigenvalue weighted by molar-refractivity contribution is -0.142. The van der Waals surface area contributed by atoms with Crippen molar-refractivity contribution in [1.29, 1.82) is 0 Å². The van der Waals surface area contributed by atoms with Crippen molar-refractivity contribution in [2.24, 2.45) is 0 Å². The molecule has 2 amide bonds. The zero-order chi connectivity index (χ0) is 22.4. The molecule has 0 unspecified atom stereocenters. The highest BCUT2D eigenvalue weighted by Crippen LogP contribution is 2.08. The second kappa shape index (κ2) is 14.3. The summed E-state index contributed by atoms with van der Waals surface area (Å²) in [5.74, 6) is -1.92. The first kappa shape index (κ1) is 25.3.